The van der Waals surface area contributed by atoms with Crippen LogP contribution in [-0.4, -0.2) is 23.3 Å². The van der Waals surface area contributed by atoms with Gasteiger partial charge in [-0.05, 0) is 38.0 Å². The largest absolute Gasteiger partial charge is 0.369 e. The minimum atomic E-state index is -0.0649. The second-order valence-corrected chi connectivity index (χ2v) is 6.99. The number of allylic oxidation sites excluding steroid dienone is 1. The molecule has 2 aromatic carbocycles. The van der Waals surface area contributed by atoms with Gasteiger partial charge in [0.15, 0.2) is 5.78 Å². The van der Waals surface area contributed by atoms with E-state index in [4.69, 9.17) is 11.6 Å². The Morgan fingerprint density at radius 1 is 1.13 bits per heavy atom. The molecule has 0 N–H and O–H groups in total. The van der Waals surface area contributed by atoms with Crippen LogP contribution < -0.4 is 0 Å². The molecule has 0 aliphatic carbocycles. The number of halogens is 1. The van der Waals surface area contributed by atoms with Crippen molar-refractivity contribution in [3.8, 4) is 0 Å². The molecule has 1 aliphatic heterocycles. The monoisotopic (exact) mass is 325 g/mol. The van der Waals surface area contributed by atoms with Crippen LogP contribution in [0, 0.1) is 0 Å². The number of hydrogen-bond donors (Lipinski definition) is 0. The first kappa shape index (κ1) is 15.8. The second-order valence-electron chi connectivity index (χ2n) is 6.58. The van der Waals surface area contributed by atoms with E-state index in [9.17, 15) is 4.79 Å². The lowest BCUT2D eigenvalue weighted by molar-refractivity contribution is 0.104. The van der Waals surface area contributed by atoms with Gasteiger partial charge in [0, 0.05) is 35.5 Å². The summed E-state index contributed by atoms with van der Waals surface area (Å²) < 4.78 is 0. The van der Waals surface area contributed by atoms with Gasteiger partial charge in [-0.3, -0.25) is 4.79 Å². The average molecular weight is 326 g/mol. The zero-order valence-corrected chi connectivity index (χ0v) is 14.4. The number of rotatable bonds is 2. The second kappa shape index (κ2) is 5.86. The summed E-state index contributed by atoms with van der Waals surface area (Å²) in [7, 11) is 2.04. The zero-order valence-electron chi connectivity index (χ0n) is 13.6. The molecular formula is C20H20ClNO. The van der Waals surface area contributed by atoms with E-state index < -0.39 is 0 Å². The molecule has 0 spiro atoms. The molecule has 0 atom stereocenters. The molecule has 3 heteroatoms. The van der Waals surface area contributed by atoms with Crippen molar-refractivity contribution < 1.29 is 4.79 Å². The van der Waals surface area contributed by atoms with Crippen molar-refractivity contribution in [1.29, 1.82) is 0 Å². The van der Waals surface area contributed by atoms with Crippen LogP contribution in [0.4, 0.5) is 0 Å². The Morgan fingerprint density at radius 2 is 1.78 bits per heavy atom. The van der Waals surface area contributed by atoms with Crippen molar-refractivity contribution in [2.45, 2.75) is 25.8 Å². The molecule has 0 amide bonds. The number of hydrogen-bond acceptors (Lipinski definition) is 2. The summed E-state index contributed by atoms with van der Waals surface area (Å²) >= 11 is 6.17. The van der Waals surface area contributed by atoms with E-state index in [0.717, 1.165) is 17.7 Å². The third kappa shape index (κ3) is 2.91. The molecule has 0 bridgehead atoms. The molecule has 0 fully saturated rings. The Hall–Kier alpha value is -2.06. The van der Waals surface area contributed by atoms with Crippen molar-refractivity contribution in [1.82, 2.24) is 4.90 Å². The number of likely N-dealkylation sites (N-methyl/N-ethyl adjacent to an activating group) is 1. The number of carbonyl (C=O) groups excluding carboxylic acids is 1. The number of fused-ring (bicyclic) bond motifs is 1. The van der Waals surface area contributed by atoms with Crippen LogP contribution in [0.25, 0.3) is 5.70 Å². The topological polar surface area (TPSA) is 20.3 Å². The van der Waals surface area contributed by atoms with Crippen LogP contribution in [0.1, 0.15) is 35.3 Å². The number of benzene rings is 2. The van der Waals surface area contributed by atoms with Crippen LogP contribution in [0.3, 0.4) is 0 Å². The van der Waals surface area contributed by atoms with Crippen molar-refractivity contribution in [3.05, 3.63) is 76.3 Å². The molecule has 118 valence electrons. The van der Waals surface area contributed by atoms with E-state index in [-0.39, 0.29) is 11.3 Å². The van der Waals surface area contributed by atoms with Gasteiger partial charge >= 0.3 is 0 Å². The van der Waals surface area contributed by atoms with Gasteiger partial charge in [0.2, 0.25) is 0 Å². The van der Waals surface area contributed by atoms with E-state index in [0.29, 0.717) is 10.6 Å². The third-order valence-corrected chi connectivity index (χ3v) is 4.92. The highest BCUT2D eigenvalue weighted by Crippen LogP contribution is 2.37. The first-order valence-electron chi connectivity index (χ1n) is 7.73. The third-order valence-electron chi connectivity index (χ3n) is 4.59. The van der Waals surface area contributed by atoms with Crippen molar-refractivity contribution in [2.75, 3.05) is 7.05 Å². The van der Waals surface area contributed by atoms with Gasteiger partial charge in [-0.2, -0.15) is 0 Å². The summed E-state index contributed by atoms with van der Waals surface area (Å²) in [6.45, 7) is 4.38. The Balaban J connectivity index is 2.10. The molecule has 0 aromatic heterocycles. The van der Waals surface area contributed by atoms with E-state index in [2.05, 4.69) is 30.9 Å². The predicted octanol–water partition coefficient (Wildman–Crippen LogP) is 4.83. The molecular weight excluding hydrogens is 306 g/mol. The molecule has 1 heterocycles. The van der Waals surface area contributed by atoms with Crippen molar-refractivity contribution in [2.24, 2.45) is 0 Å². The molecule has 2 nitrogen and oxygen atoms in total. The highest BCUT2D eigenvalue weighted by molar-refractivity contribution is 6.34. The average Bonchev–Trinajstić information content (AvgIpc) is 2.51. The number of carbonyl (C=O) groups is 1. The molecule has 23 heavy (non-hydrogen) atoms. The summed E-state index contributed by atoms with van der Waals surface area (Å²) in [5, 5.41) is 0.486. The standard InChI is InChI=1S/C20H20ClNO/c1-20(2)13-14-8-4-5-9-15(14)18(22(20)3)12-19(23)16-10-6-7-11-17(16)21/h4-12H,13H2,1-3H3. The van der Waals surface area contributed by atoms with Crippen LogP contribution in [-0.2, 0) is 6.42 Å². The summed E-state index contributed by atoms with van der Waals surface area (Å²) in [6.07, 6.45) is 2.66. The Labute approximate surface area is 142 Å². The van der Waals surface area contributed by atoms with Gasteiger partial charge < -0.3 is 4.90 Å². The Morgan fingerprint density at radius 3 is 2.52 bits per heavy atom. The van der Waals surface area contributed by atoms with Crippen LogP contribution in [0.2, 0.25) is 5.02 Å². The lowest BCUT2D eigenvalue weighted by Crippen LogP contribution is -2.45. The maximum Gasteiger partial charge on any atom is 0.189 e. The van der Waals surface area contributed by atoms with E-state index in [1.165, 1.54) is 5.56 Å². The summed E-state index contributed by atoms with van der Waals surface area (Å²) in [5.41, 5.74) is 3.84. The molecule has 0 radical (unpaired) electrons. The fourth-order valence-electron chi connectivity index (χ4n) is 3.05. The smallest absolute Gasteiger partial charge is 0.189 e. The molecule has 0 saturated heterocycles. The van der Waals surface area contributed by atoms with Gasteiger partial charge in [-0.15, -0.1) is 0 Å². The van der Waals surface area contributed by atoms with Gasteiger partial charge in [0.05, 0.1) is 5.02 Å². The quantitative estimate of drug-likeness (QED) is 0.582. The summed E-state index contributed by atoms with van der Waals surface area (Å²) in [5.74, 6) is -0.0649. The molecule has 1 aliphatic rings. The van der Waals surface area contributed by atoms with Crippen LogP contribution in [0.5, 0.6) is 0 Å². The predicted molar refractivity (Wildman–Crippen MR) is 95.7 cm³/mol. The molecule has 3 rings (SSSR count). The maximum atomic E-state index is 12.7. The van der Waals surface area contributed by atoms with Gasteiger partial charge in [0.25, 0.3) is 0 Å². The minimum Gasteiger partial charge on any atom is -0.369 e. The molecule has 0 unspecified atom stereocenters. The highest BCUT2D eigenvalue weighted by atomic mass is 35.5. The van der Waals surface area contributed by atoms with Crippen molar-refractivity contribution >= 4 is 23.1 Å². The fraction of sp³-hybridized carbons (Fsp3) is 0.250. The maximum absolute atomic E-state index is 12.7. The Kier molecular flexibility index (Phi) is 4.03. The summed E-state index contributed by atoms with van der Waals surface area (Å²) in [6, 6.07) is 15.5. The SMILES string of the molecule is CN1C(=CC(=O)c2ccccc2Cl)c2ccccc2CC1(C)C. The lowest BCUT2D eigenvalue weighted by atomic mass is 9.84. The lowest BCUT2D eigenvalue weighted by Gasteiger charge is -2.44. The van der Waals surface area contributed by atoms with Crippen molar-refractivity contribution in [3.63, 3.8) is 0 Å². The first-order valence-corrected chi connectivity index (χ1v) is 8.10. The minimum absolute atomic E-state index is 0.0407. The van der Waals surface area contributed by atoms with Crippen LogP contribution >= 0.6 is 11.6 Å². The number of nitrogens with zero attached hydrogens (tertiary/aromatic N) is 1. The Bertz CT molecular complexity index is 792. The van der Waals surface area contributed by atoms with E-state index >= 15 is 0 Å². The number of ketones is 1. The fourth-order valence-corrected chi connectivity index (χ4v) is 3.28. The first-order chi connectivity index (χ1) is 10.9. The normalized spacial score (nSPS) is 17.9. The summed E-state index contributed by atoms with van der Waals surface area (Å²) in [4.78, 5) is 14.9. The van der Waals surface area contributed by atoms with Crippen LogP contribution in [0.15, 0.2) is 54.6 Å². The zero-order chi connectivity index (χ0) is 16.6. The van der Waals surface area contributed by atoms with Gasteiger partial charge in [0.1, 0.15) is 0 Å². The van der Waals surface area contributed by atoms with E-state index in [1.807, 2.05) is 31.3 Å². The van der Waals surface area contributed by atoms with Gasteiger partial charge in [-0.25, -0.2) is 0 Å². The highest BCUT2D eigenvalue weighted by Gasteiger charge is 2.33. The molecule has 2 aromatic rings. The molecule has 0 saturated carbocycles. The van der Waals surface area contributed by atoms with Gasteiger partial charge in [-0.1, -0.05) is 48.0 Å². The van der Waals surface area contributed by atoms with E-state index in [1.54, 1.807) is 18.2 Å².